The van der Waals surface area contributed by atoms with Crippen LogP contribution in [0, 0.1) is 11.6 Å². The van der Waals surface area contributed by atoms with Crippen molar-refractivity contribution in [2.24, 2.45) is 21.0 Å². The summed E-state index contributed by atoms with van der Waals surface area (Å²) in [5.74, 6) is -0.657. The summed E-state index contributed by atoms with van der Waals surface area (Å²) in [6, 6.07) is 11.5. The summed E-state index contributed by atoms with van der Waals surface area (Å²) in [6.07, 6.45) is 2.89. The normalized spacial score (nSPS) is 11.7. The summed E-state index contributed by atoms with van der Waals surface area (Å²) in [5.41, 5.74) is 9.41. The molecule has 0 aliphatic carbocycles. The Balaban J connectivity index is 0.00000264. The SMILES string of the molecule is N/C(=N\N=C\c1ccc(F)cc1)N/N=C/c1ccc(F)cc1.[Cl-]. The number of rotatable bonds is 4. The lowest BCUT2D eigenvalue weighted by Crippen LogP contribution is -3.00. The van der Waals surface area contributed by atoms with Gasteiger partial charge in [0, 0.05) is 0 Å². The Morgan fingerprint density at radius 3 is 1.87 bits per heavy atom. The first-order valence-corrected chi connectivity index (χ1v) is 6.30. The van der Waals surface area contributed by atoms with Gasteiger partial charge >= 0.3 is 0 Å². The van der Waals surface area contributed by atoms with Gasteiger partial charge in [0.1, 0.15) is 11.6 Å². The van der Waals surface area contributed by atoms with Crippen molar-refractivity contribution in [3.05, 3.63) is 71.3 Å². The van der Waals surface area contributed by atoms with Crippen LogP contribution in [0.2, 0.25) is 0 Å². The zero-order chi connectivity index (χ0) is 15.8. The Labute approximate surface area is 138 Å². The number of hydrazone groups is 1. The number of nitrogens with one attached hydrogen (secondary N) is 1. The summed E-state index contributed by atoms with van der Waals surface area (Å²) in [4.78, 5) is 0. The van der Waals surface area contributed by atoms with E-state index in [1.807, 2.05) is 0 Å². The van der Waals surface area contributed by atoms with Crippen LogP contribution in [0.4, 0.5) is 8.78 Å². The van der Waals surface area contributed by atoms with Gasteiger partial charge in [-0.2, -0.15) is 10.2 Å². The van der Waals surface area contributed by atoms with Crippen LogP contribution in [0.3, 0.4) is 0 Å². The van der Waals surface area contributed by atoms with E-state index in [4.69, 9.17) is 5.73 Å². The van der Waals surface area contributed by atoms with E-state index in [1.165, 1.54) is 36.7 Å². The van der Waals surface area contributed by atoms with Crippen molar-refractivity contribution < 1.29 is 21.2 Å². The molecule has 2 aromatic carbocycles. The van der Waals surface area contributed by atoms with Crippen molar-refractivity contribution >= 4 is 18.4 Å². The number of halogens is 3. The third kappa shape index (κ3) is 6.66. The van der Waals surface area contributed by atoms with Crippen LogP contribution in [-0.2, 0) is 0 Å². The Kier molecular flexibility index (Phi) is 7.35. The van der Waals surface area contributed by atoms with Crippen LogP contribution in [-0.4, -0.2) is 18.4 Å². The van der Waals surface area contributed by atoms with E-state index in [0.717, 1.165) is 0 Å². The van der Waals surface area contributed by atoms with Crippen LogP contribution in [0.25, 0.3) is 0 Å². The lowest BCUT2D eigenvalue weighted by atomic mass is 10.2. The van der Waals surface area contributed by atoms with Gasteiger partial charge in [-0.15, -0.1) is 5.10 Å². The quantitative estimate of drug-likeness (QED) is 0.437. The topological polar surface area (TPSA) is 75.1 Å². The molecule has 2 rings (SSSR count). The van der Waals surface area contributed by atoms with Gasteiger partial charge in [0.15, 0.2) is 0 Å². The van der Waals surface area contributed by atoms with Crippen LogP contribution in [0.5, 0.6) is 0 Å². The van der Waals surface area contributed by atoms with Crippen LogP contribution >= 0.6 is 0 Å². The van der Waals surface area contributed by atoms with Gasteiger partial charge in [0.2, 0.25) is 5.96 Å². The van der Waals surface area contributed by atoms with Gasteiger partial charge < -0.3 is 18.1 Å². The molecule has 0 radical (unpaired) electrons. The molecule has 0 heterocycles. The summed E-state index contributed by atoms with van der Waals surface area (Å²) in [5, 5.41) is 11.2. The van der Waals surface area contributed by atoms with E-state index in [0.29, 0.717) is 11.1 Å². The fraction of sp³-hybridized carbons (Fsp3) is 0. The molecule has 0 bridgehead atoms. The molecule has 5 nitrogen and oxygen atoms in total. The maximum Gasteiger partial charge on any atom is 0.234 e. The molecule has 0 fully saturated rings. The molecular weight excluding hydrogens is 324 g/mol. The van der Waals surface area contributed by atoms with E-state index < -0.39 is 0 Å². The fourth-order valence-electron chi connectivity index (χ4n) is 1.45. The van der Waals surface area contributed by atoms with Crippen molar-refractivity contribution in [2.75, 3.05) is 0 Å². The van der Waals surface area contributed by atoms with Crippen molar-refractivity contribution in [2.45, 2.75) is 0 Å². The molecule has 0 saturated heterocycles. The maximum atomic E-state index is 12.7. The summed E-state index contributed by atoms with van der Waals surface area (Å²) in [6.45, 7) is 0. The standard InChI is InChI=1S/C15H13F2N5.ClH/c16-13-5-1-11(2-6-13)9-19-21-15(18)22-20-10-12-3-7-14(17)8-4-12;/h1-10H,(H3,18,21,22);1H/p-1/b19-9+,20-10+;. The fourth-order valence-corrected chi connectivity index (χ4v) is 1.45. The number of guanidine groups is 1. The molecule has 0 atom stereocenters. The zero-order valence-corrected chi connectivity index (χ0v) is 12.6. The largest absolute Gasteiger partial charge is 1.00 e. The highest BCUT2D eigenvalue weighted by Gasteiger charge is 1.91. The Morgan fingerprint density at radius 1 is 0.870 bits per heavy atom. The molecule has 3 N–H and O–H groups in total. The molecule has 8 heteroatoms. The molecule has 120 valence electrons. The second kappa shape index (κ2) is 9.26. The minimum absolute atomic E-state index is 0. The monoisotopic (exact) mass is 336 g/mol. The molecule has 0 saturated carbocycles. The zero-order valence-electron chi connectivity index (χ0n) is 11.8. The smallest absolute Gasteiger partial charge is 0.234 e. The minimum Gasteiger partial charge on any atom is -1.00 e. The molecule has 0 aliphatic heterocycles. The second-order valence-electron chi connectivity index (χ2n) is 4.20. The summed E-state index contributed by atoms with van der Waals surface area (Å²) in [7, 11) is 0. The van der Waals surface area contributed by atoms with Crippen LogP contribution < -0.4 is 23.6 Å². The maximum absolute atomic E-state index is 12.7. The average molecular weight is 337 g/mol. The predicted molar refractivity (Wildman–Crippen MR) is 82.7 cm³/mol. The lowest BCUT2D eigenvalue weighted by Gasteiger charge is -1.96. The average Bonchev–Trinajstić information content (AvgIpc) is 2.51. The predicted octanol–water partition coefficient (Wildman–Crippen LogP) is -0.759. The highest BCUT2D eigenvalue weighted by molar-refractivity contribution is 5.84. The van der Waals surface area contributed by atoms with E-state index in [9.17, 15) is 8.78 Å². The van der Waals surface area contributed by atoms with Crippen molar-refractivity contribution in [3.8, 4) is 0 Å². The summed E-state index contributed by atoms with van der Waals surface area (Å²) >= 11 is 0. The second-order valence-corrected chi connectivity index (χ2v) is 4.20. The number of nitrogens with two attached hydrogens (primary N) is 1. The first-order chi connectivity index (χ1) is 10.6. The van der Waals surface area contributed by atoms with E-state index >= 15 is 0 Å². The molecule has 0 spiro atoms. The number of nitrogens with zero attached hydrogens (tertiary/aromatic N) is 3. The Bertz CT molecular complexity index is 697. The van der Waals surface area contributed by atoms with Gasteiger partial charge in [-0.1, -0.05) is 24.3 Å². The van der Waals surface area contributed by atoms with Gasteiger partial charge in [-0.25, -0.2) is 14.2 Å². The minimum atomic E-state index is -0.322. The first kappa shape index (κ1) is 18.2. The van der Waals surface area contributed by atoms with Gasteiger partial charge in [0.05, 0.1) is 12.4 Å². The molecule has 0 aliphatic rings. The van der Waals surface area contributed by atoms with Gasteiger partial charge in [-0.05, 0) is 35.4 Å². The van der Waals surface area contributed by atoms with Crippen molar-refractivity contribution in [3.63, 3.8) is 0 Å². The molecule has 0 amide bonds. The van der Waals surface area contributed by atoms with Crippen LogP contribution in [0.1, 0.15) is 11.1 Å². The third-order valence-electron chi connectivity index (χ3n) is 2.51. The first-order valence-electron chi connectivity index (χ1n) is 6.30. The highest BCUT2D eigenvalue weighted by Crippen LogP contribution is 2.00. The molecule has 0 aromatic heterocycles. The van der Waals surface area contributed by atoms with Gasteiger partial charge in [0.25, 0.3) is 0 Å². The Hall–Kier alpha value is -2.80. The molecule has 0 unspecified atom stereocenters. The molecular formula is C15H13ClF2N5-. The van der Waals surface area contributed by atoms with E-state index in [1.54, 1.807) is 24.3 Å². The van der Waals surface area contributed by atoms with Gasteiger partial charge in [-0.3, -0.25) is 0 Å². The number of hydrogen-bond donors (Lipinski definition) is 2. The molecule has 2 aromatic rings. The number of hydrogen-bond acceptors (Lipinski definition) is 3. The third-order valence-corrected chi connectivity index (χ3v) is 2.51. The number of benzene rings is 2. The van der Waals surface area contributed by atoms with E-state index in [-0.39, 0.29) is 30.0 Å². The van der Waals surface area contributed by atoms with Crippen LogP contribution in [0.15, 0.2) is 63.8 Å². The van der Waals surface area contributed by atoms with Crippen molar-refractivity contribution in [1.82, 2.24) is 5.43 Å². The summed E-state index contributed by atoms with van der Waals surface area (Å²) < 4.78 is 25.4. The molecule has 23 heavy (non-hydrogen) atoms. The lowest BCUT2D eigenvalue weighted by molar-refractivity contribution is -0.00000583. The Morgan fingerprint density at radius 2 is 1.35 bits per heavy atom. The van der Waals surface area contributed by atoms with E-state index in [2.05, 4.69) is 20.7 Å². The highest BCUT2D eigenvalue weighted by atomic mass is 35.5. The van der Waals surface area contributed by atoms with Crippen molar-refractivity contribution in [1.29, 1.82) is 0 Å².